The van der Waals surface area contributed by atoms with Gasteiger partial charge in [-0.05, 0) is 54.3 Å². The second-order valence-corrected chi connectivity index (χ2v) is 14.1. The van der Waals surface area contributed by atoms with Gasteiger partial charge >= 0.3 is 6.09 Å². The van der Waals surface area contributed by atoms with E-state index in [1.807, 2.05) is 48.5 Å². The standard InChI is InChI=1S/C28H31N3O6S2/c1-29(2)38(33,34)23-12-14-24(15-13-23)39(35,36)31-21-28(25-10-6-7-11-26(25)31)16-18-30(19-17-28)27(32)37-20-22-8-4-3-5-9-22/h3-15H,16-21H2,1-2H3. The van der Waals surface area contributed by atoms with E-state index in [-0.39, 0.29) is 29.0 Å². The molecule has 2 aliphatic rings. The van der Waals surface area contributed by atoms with Crippen molar-refractivity contribution in [2.75, 3.05) is 38.0 Å². The molecule has 1 amide bonds. The Bertz CT molecular complexity index is 1560. The smallest absolute Gasteiger partial charge is 0.410 e. The summed E-state index contributed by atoms with van der Waals surface area (Å²) < 4.78 is 60.5. The van der Waals surface area contributed by atoms with E-state index in [1.54, 1.807) is 11.0 Å². The molecule has 0 atom stereocenters. The van der Waals surface area contributed by atoms with Gasteiger partial charge in [0.1, 0.15) is 6.61 Å². The van der Waals surface area contributed by atoms with Crippen LogP contribution in [0.5, 0.6) is 0 Å². The van der Waals surface area contributed by atoms with E-state index in [0.29, 0.717) is 31.6 Å². The first-order valence-electron chi connectivity index (χ1n) is 12.7. The number of piperidine rings is 1. The highest BCUT2D eigenvalue weighted by molar-refractivity contribution is 7.93. The molecule has 3 aromatic carbocycles. The Hall–Kier alpha value is -3.41. The summed E-state index contributed by atoms with van der Waals surface area (Å²) in [4.78, 5) is 14.4. The predicted molar refractivity (Wildman–Crippen MR) is 147 cm³/mol. The van der Waals surface area contributed by atoms with Gasteiger partial charge in [0, 0.05) is 39.1 Å². The number of nitrogens with zero attached hydrogens (tertiary/aromatic N) is 3. The monoisotopic (exact) mass is 569 g/mol. The molecule has 3 aromatic rings. The number of likely N-dealkylation sites (tertiary alicyclic amines) is 1. The Morgan fingerprint density at radius 3 is 2.08 bits per heavy atom. The molecule has 0 aromatic heterocycles. The second-order valence-electron chi connectivity index (χ2n) is 10.1. The summed E-state index contributed by atoms with van der Waals surface area (Å²) in [5, 5.41) is 0. The normalized spacial score (nSPS) is 16.9. The maximum atomic E-state index is 13.8. The molecule has 39 heavy (non-hydrogen) atoms. The fourth-order valence-electron chi connectivity index (χ4n) is 5.28. The highest BCUT2D eigenvalue weighted by Gasteiger charge is 2.48. The van der Waals surface area contributed by atoms with Crippen molar-refractivity contribution in [3.63, 3.8) is 0 Å². The Kier molecular flexibility index (Phi) is 7.17. The molecule has 2 aliphatic heterocycles. The van der Waals surface area contributed by atoms with Crippen molar-refractivity contribution >= 4 is 31.8 Å². The van der Waals surface area contributed by atoms with E-state index >= 15 is 0 Å². The predicted octanol–water partition coefficient (Wildman–Crippen LogP) is 3.82. The highest BCUT2D eigenvalue weighted by Crippen LogP contribution is 2.48. The minimum atomic E-state index is -3.96. The van der Waals surface area contributed by atoms with Crippen molar-refractivity contribution in [2.45, 2.75) is 34.7 Å². The molecule has 0 bridgehead atoms. The van der Waals surface area contributed by atoms with Crippen LogP contribution in [-0.2, 0) is 36.8 Å². The number of ether oxygens (including phenoxy) is 1. The maximum absolute atomic E-state index is 13.8. The van der Waals surface area contributed by atoms with Gasteiger partial charge in [-0.25, -0.2) is 25.9 Å². The van der Waals surface area contributed by atoms with Crippen molar-refractivity contribution in [2.24, 2.45) is 0 Å². The van der Waals surface area contributed by atoms with Gasteiger partial charge in [-0.1, -0.05) is 48.5 Å². The molecule has 5 rings (SSSR count). The molecule has 2 heterocycles. The summed E-state index contributed by atoms with van der Waals surface area (Å²) in [6.45, 7) is 1.35. The van der Waals surface area contributed by atoms with Crippen LogP contribution < -0.4 is 4.31 Å². The highest BCUT2D eigenvalue weighted by atomic mass is 32.2. The number of anilines is 1. The van der Waals surface area contributed by atoms with Crippen LogP contribution in [0, 0.1) is 0 Å². The average molecular weight is 570 g/mol. The van der Waals surface area contributed by atoms with Crippen molar-refractivity contribution in [1.82, 2.24) is 9.21 Å². The number of para-hydroxylation sites is 1. The zero-order chi connectivity index (χ0) is 27.8. The van der Waals surface area contributed by atoms with Crippen LogP contribution in [0.1, 0.15) is 24.0 Å². The van der Waals surface area contributed by atoms with E-state index < -0.39 is 25.5 Å². The van der Waals surface area contributed by atoms with Gasteiger partial charge in [0.25, 0.3) is 10.0 Å². The van der Waals surface area contributed by atoms with Crippen LogP contribution in [0.15, 0.2) is 88.7 Å². The molecule has 0 radical (unpaired) electrons. The molecule has 0 saturated carbocycles. The summed E-state index contributed by atoms with van der Waals surface area (Å²) in [6, 6.07) is 22.3. The second kappa shape index (κ2) is 10.3. The van der Waals surface area contributed by atoms with Gasteiger partial charge in [0.05, 0.1) is 15.5 Å². The first-order chi connectivity index (χ1) is 18.5. The minimum absolute atomic E-state index is 0.0222. The number of hydrogen-bond donors (Lipinski definition) is 0. The van der Waals surface area contributed by atoms with E-state index in [1.165, 1.54) is 42.7 Å². The molecule has 1 saturated heterocycles. The maximum Gasteiger partial charge on any atom is 0.410 e. The number of sulfonamides is 2. The molecule has 11 heteroatoms. The number of amides is 1. The van der Waals surface area contributed by atoms with Crippen molar-refractivity contribution in [3.8, 4) is 0 Å². The largest absolute Gasteiger partial charge is 0.445 e. The van der Waals surface area contributed by atoms with Crippen LogP contribution in [0.4, 0.5) is 10.5 Å². The fraction of sp³-hybridized carbons (Fsp3) is 0.321. The first kappa shape index (κ1) is 27.2. The quantitative estimate of drug-likeness (QED) is 0.447. The fourth-order valence-corrected chi connectivity index (χ4v) is 7.75. The zero-order valence-electron chi connectivity index (χ0n) is 21.9. The molecule has 0 N–H and O–H groups in total. The minimum Gasteiger partial charge on any atom is -0.445 e. The number of carbonyl (C=O) groups excluding carboxylic acids is 1. The van der Waals surface area contributed by atoms with Crippen LogP contribution in [-0.4, -0.2) is 65.9 Å². The SMILES string of the molecule is CN(C)S(=O)(=O)c1ccc(S(=O)(=O)N2CC3(CCN(C(=O)OCc4ccccc4)CC3)c3ccccc32)cc1. The molecule has 0 unspecified atom stereocenters. The lowest BCUT2D eigenvalue weighted by Crippen LogP contribution is -2.47. The number of rotatable bonds is 6. The third kappa shape index (κ3) is 5.02. The lowest BCUT2D eigenvalue weighted by Gasteiger charge is -2.39. The van der Waals surface area contributed by atoms with Crippen LogP contribution in [0.2, 0.25) is 0 Å². The molecule has 206 valence electrons. The Labute approximate surface area is 229 Å². The average Bonchev–Trinajstić information content (AvgIpc) is 3.27. The van der Waals surface area contributed by atoms with E-state index in [0.717, 1.165) is 15.4 Å². The molecule has 9 nitrogen and oxygen atoms in total. The van der Waals surface area contributed by atoms with Gasteiger partial charge < -0.3 is 9.64 Å². The Morgan fingerprint density at radius 2 is 1.44 bits per heavy atom. The molecular formula is C28H31N3O6S2. The van der Waals surface area contributed by atoms with Crippen molar-refractivity contribution in [1.29, 1.82) is 0 Å². The molecule has 1 spiro atoms. The van der Waals surface area contributed by atoms with Gasteiger partial charge in [-0.3, -0.25) is 4.31 Å². The topological polar surface area (TPSA) is 104 Å². The lowest BCUT2D eigenvalue weighted by atomic mass is 9.74. The molecule has 0 aliphatic carbocycles. The summed E-state index contributed by atoms with van der Waals surface area (Å²) in [5.41, 5.74) is 2.03. The number of fused-ring (bicyclic) bond motifs is 2. The third-order valence-electron chi connectivity index (χ3n) is 7.56. The van der Waals surface area contributed by atoms with Gasteiger partial charge in [-0.15, -0.1) is 0 Å². The zero-order valence-corrected chi connectivity index (χ0v) is 23.5. The first-order valence-corrected chi connectivity index (χ1v) is 15.5. The van der Waals surface area contributed by atoms with Crippen molar-refractivity contribution < 1.29 is 26.4 Å². The van der Waals surface area contributed by atoms with Crippen LogP contribution >= 0.6 is 0 Å². The summed E-state index contributed by atoms with van der Waals surface area (Å²) in [7, 11) is -4.79. The van der Waals surface area contributed by atoms with Gasteiger partial charge in [-0.2, -0.15) is 0 Å². The third-order valence-corrected chi connectivity index (χ3v) is 11.2. The Balaban J connectivity index is 1.34. The molecular weight excluding hydrogens is 538 g/mol. The van der Waals surface area contributed by atoms with Crippen molar-refractivity contribution in [3.05, 3.63) is 90.0 Å². The van der Waals surface area contributed by atoms with Crippen LogP contribution in [0.25, 0.3) is 0 Å². The molecule has 1 fully saturated rings. The number of benzene rings is 3. The van der Waals surface area contributed by atoms with E-state index in [9.17, 15) is 21.6 Å². The lowest BCUT2D eigenvalue weighted by molar-refractivity contribution is 0.0791. The summed E-state index contributed by atoms with van der Waals surface area (Å²) >= 11 is 0. The van der Waals surface area contributed by atoms with Gasteiger partial charge in [0.2, 0.25) is 10.0 Å². The van der Waals surface area contributed by atoms with Gasteiger partial charge in [0.15, 0.2) is 0 Å². The Morgan fingerprint density at radius 1 is 0.846 bits per heavy atom. The summed E-state index contributed by atoms with van der Waals surface area (Å²) in [5.74, 6) is 0. The van der Waals surface area contributed by atoms with E-state index in [2.05, 4.69) is 0 Å². The number of hydrogen-bond acceptors (Lipinski definition) is 6. The number of carbonyl (C=O) groups is 1. The summed E-state index contributed by atoms with van der Waals surface area (Å²) in [6.07, 6.45) is 0.810. The van der Waals surface area contributed by atoms with Crippen LogP contribution in [0.3, 0.4) is 0 Å². The van der Waals surface area contributed by atoms with E-state index in [4.69, 9.17) is 4.74 Å².